The number of benzene rings is 1. The van der Waals surface area contributed by atoms with Crippen LogP contribution >= 0.6 is 0 Å². The van der Waals surface area contributed by atoms with Crippen LogP contribution in [0.15, 0.2) is 24.3 Å². The number of hydrogen-bond acceptors (Lipinski definition) is 4. The molecule has 1 heterocycles. The second-order valence-corrected chi connectivity index (χ2v) is 5.15. The Labute approximate surface area is 120 Å². The van der Waals surface area contributed by atoms with Gasteiger partial charge in [-0.3, -0.25) is 4.79 Å². The zero-order valence-corrected chi connectivity index (χ0v) is 12.2. The van der Waals surface area contributed by atoms with Gasteiger partial charge in [0.05, 0.1) is 12.8 Å². The van der Waals surface area contributed by atoms with Crippen LogP contribution in [0.3, 0.4) is 0 Å². The van der Waals surface area contributed by atoms with E-state index in [2.05, 4.69) is 22.5 Å². The lowest BCUT2D eigenvalue weighted by Gasteiger charge is -2.31. The van der Waals surface area contributed by atoms with Crippen molar-refractivity contribution in [1.29, 1.82) is 0 Å². The maximum Gasteiger partial charge on any atom is 0.225 e. The molecule has 1 saturated heterocycles. The lowest BCUT2D eigenvalue weighted by molar-refractivity contribution is -0.116. The number of piperazine rings is 1. The van der Waals surface area contributed by atoms with Crippen molar-refractivity contribution in [2.24, 2.45) is 0 Å². The largest absolute Gasteiger partial charge is 0.495 e. The number of carbonyl (C=O) groups excluding carboxylic acids is 1. The second kappa shape index (κ2) is 7.26. The Balaban J connectivity index is 1.80. The van der Waals surface area contributed by atoms with Crippen LogP contribution in [0, 0.1) is 0 Å². The normalized spacial score (nSPS) is 19.6. The lowest BCUT2D eigenvalue weighted by atomic mass is 10.2. The summed E-state index contributed by atoms with van der Waals surface area (Å²) < 4.78 is 5.22. The van der Waals surface area contributed by atoms with E-state index in [0.717, 1.165) is 31.9 Å². The van der Waals surface area contributed by atoms with Crippen molar-refractivity contribution in [3.63, 3.8) is 0 Å². The van der Waals surface area contributed by atoms with Crippen molar-refractivity contribution in [1.82, 2.24) is 10.2 Å². The average Bonchev–Trinajstić information content (AvgIpc) is 2.46. The van der Waals surface area contributed by atoms with Gasteiger partial charge in [0.1, 0.15) is 5.75 Å². The lowest BCUT2D eigenvalue weighted by Crippen LogP contribution is -2.49. The second-order valence-electron chi connectivity index (χ2n) is 5.15. The zero-order valence-electron chi connectivity index (χ0n) is 12.2. The Morgan fingerprint density at radius 3 is 3.05 bits per heavy atom. The van der Waals surface area contributed by atoms with Crippen LogP contribution in [0.5, 0.6) is 5.75 Å². The van der Waals surface area contributed by atoms with E-state index in [1.165, 1.54) is 0 Å². The highest BCUT2D eigenvalue weighted by molar-refractivity contribution is 5.92. The number of carbonyl (C=O) groups is 1. The third kappa shape index (κ3) is 4.21. The number of para-hydroxylation sites is 2. The number of anilines is 1. The minimum atomic E-state index is 0.0284. The molecule has 1 aliphatic rings. The van der Waals surface area contributed by atoms with Crippen LogP contribution in [-0.4, -0.2) is 50.1 Å². The van der Waals surface area contributed by atoms with Gasteiger partial charge in [0.15, 0.2) is 0 Å². The molecule has 0 saturated carbocycles. The van der Waals surface area contributed by atoms with Gasteiger partial charge in [0.25, 0.3) is 0 Å². The molecule has 0 radical (unpaired) electrons. The number of ether oxygens (including phenoxy) is 1. The van der Waals surface area contributed by atoms with Crippen molar-refractivity contribution < 1.29 is 9.53 Å². The maximum absolute atomic E-state index is 12.0. The fraction of sp³-hybridized carbons (Fsp3) is 0.533. The van der Waals surface area contributed by atoms with Crippen LogP contribution in [0.4, 0.5) is 5.69 Å². The highest BCUT2D eigenvalue weighted by atomic mass is 16.5. The average molecular weight is 277 g/mol. The molecule has 1 aromatic carbocycles. The van der Waals surface area contributed by atoms with Gasteiger partial charge < -0.3 is 20.3 Å². The maximum atomic E-state index is 12.0. The summed E-state index contributed by atoms with van der Waals surface area (Å²) in [6.07, 6.45) is 0.505. The number of rotatable bonds is 5. The Kier molecular flexibility index (Phi) is 5.38. The van der Waals surface area contributed by atoms with Crippen LogP contribution in [0.2, 0.25) is 0 Å². The first-order valence-corrected chi connectivity index (χ1v) is 7.07. The minimum absolute atomic E-state index is 0.0284. The summed E-state index contributed by atoms with van der Waals surface area (Å²) in [6.45, 7) is 5.97. The molecule has 2 N–H and O–H groups in total. The standard InChI is InChI=1S/C15H23N3O2/c1-12-11-18(10-8-16-12)9-7-15(19)17-13-5-3-4-6-14(13)20-2/h3-6,12,16H,7-11H2,1-2H3,(H,17,19)/t12-/m1/s1. The SMILES string of the molecule is COc1ccccc1NC(=O)CCN1CCN[C@H](C)C1. The van der Waals surface area contributed by atoms with E-state index in [4.69, 9.17) is 4.74 Å². The molecule has 1 amide bonds. The Morgan fingerprint density at radius 2 is 2.30 bits per heavy atom. The molecule has 2 rings (SSSR count). The van der Waals surface area contributed by atoms with Gasteiger partial charge in [0, 0.05) is 38.6 Å². The van der Waals surface area contributed by atoms with Gasteiger partial charge in [0.2, 0.25) is 5.91 Å². The monoisotopic (exact) mass is 277 g/mol. The third-order valence-corrected chi connectivity index (χ3v) is 3.49. The third-order valence-electron chi connectivity index (χ3n) is 3.49. The topological polar surface area (TPSA) is 53.6 Å². The van der Waals surface area contributed by atoms with Gasteiger partial charge in [-0.1, -0.05) is 12.1 Å². The molecule has 0 aliphatic carbocycles. The molecule has 110 valence electrons. The molecule has 1 aliphatic heterocycles. The van der Waals surface area contributed by atoms with E-state index < -0.39 is 0 Å². The summed E-state index contributed by atoms with van der Waals surface area (Å²) >= 11 is 0. The van der Waals surface area contributed by atoms with Crippen LogP contribution in [0.1, 0.15) is 13.3 Å². The molecular weight excluding hydrogens is 254 g/mol. The highest BCUT2D eigenvalue weighted by Crippen LogP contribution is 2.23. The first-order valence-electron chi connectivity index (χ1n) is 7.07. The first-order chi connectivity index (χ1) is 9.69. The first kappa shape index (κ1) is 14.8. The van der Waals surface area contributed by atoms with Crippen molar-refractivity contribution >= 4 is 11.6 Å². The van der Waals surface area contributed by atoms with Crippen molar-refractivity contribution in [2.75, 3.05) is 38.6 Å². The summed E-state index contributed by atoms with van der Waals surface area (Å²) in [6, 6.07) is 7.96. The zero-order chi connectivity index (χ0) is 14.4. The fourth-order valence-electron chi connectivity index (χ4n) is 2.44. The number of methoxy groups -OCH3 is 1. The van der Waals surface area contributed by atoms with E-state index in [0.29, 0.717) is 18.2 Å². The van der Waals surface area contributed by atoms with Gasteiger partial charge in [-0.2, -0.15) is 0 Å². The molecule has 0 aromatic heterocycles. The number of amides is 1. The minimum Gasteiger partial charge on any atom is -0.495 e. The number of hydrogen-bond donors (Lipinski definition) is 2. The number of nitrogens with one attached hydrogen (secondary N) is 2. The van der Waals surface area contributed by atoms with E-state index >= 15 is 0 Å². The Morgan fingerprint density at radius 1 is 1.50 bits per heavy atom. The van der Waals surface area contributed by atoms with Crippen LogP contribution in [-0.2, 0) is 4.79 Å². The molecule has 5 nitrogen and oxygen atoms in total. The summed E-state index contributed by atoms with van der Waals surface area (Å²) in [5.41, 5.74) is 0.730. The molecular formula is C15H23N3O2. The van der Waals surface area contributed by atoms with E-state index in [1.54, 1.807) is 7.11 Å². The van der Waals surface area contributed by atoms with Gasteiger partial charge in [-0.15, -0.1) is 0 Å². The van der Waals surface area contributed by atoms with E-state index in [1.807, 2.05) is 24.3 Å². The van der Waals surface area contributed by atoms with Gasteiger partial charge in [-0.05, 0) is 19.1 Å². The quantitative estimate of drug-likeness (QED) is 0.852. The molecule has 1 aromatic rings. The van der Waals surface area contributed by atoms with E-state index in [-0.39, 0.29) is 5.91 Å². The summed E-state index contributed by atoms with van der Waals surface area (Å²) in [7, 11) is 1.60. The predicted octanol–water partition coefficient (Wildman–Crippen LogP) is 1.32. The molecule has 1 atom stereocenters. The molecule has 0 spiro atoms. The summed E-state index contributed by atoms with van der Waals surface area (Å²) in [4.78, 5) is 14.3. The molecule has 20 heavy (non-hydrogen) atoms. The van der Waals surface area contributed by atoms with Gasteiger partial charge >= 0.3 is 0 Å². The van der Waals surface area contributed by atoms with E-state index in [9.17, 15) is 4.79 Å². The molecule has 0 bridgehead atoms. The summed E-state index contributed by atoms with van der Waals surface area (Å²) in [5.74, 6) is 0.720. The molecule has 5 heteroatoms. The Hall–Kier alpha value is -1.59. The van der Waals surface area contributed by atoms with Crippen molar-refractivity contribution in [3.8, 4) is 5.75 Å². The smallest absolute Gasteiger partial charge is 0.225 e. The summed E-state index contributed by atoms with van der Waals surface area (Å²) in [5, 5.41) is 6.30. The highest BCUT2D eigenvalue weighted by Gasteiger charge is 2.16. The van der Waals surface area contributed by atoms with Crippen LogP contribution in [0.25, 0.3) is 0 Å². The van der Waals surface area contributed by atoms with Crippen molar-refractivity contribution in [2.45, 2.75) is 19.4 Å². The van der Waals surface area contributed by atoms with Crippen molar-refractivity contribution in [3.05, 3.63) is 24.3 Å². The molecule has 0 unspecified atom stereocenters. The fourth-order valence-corrected chi connectivity index (χ4v) is 2.44. The number of nitrogens with zero attached hydrogens (tertiary/aromatic N) is 1. The predicted molar refractivity (Wildman–Crippen MR) is 80.1 cm³/mol. The molecule has 1 fully saturated rings. The van der Waals surface area contributed by atoms with Gasteiger partial charge in [-0.25, -0.2) is 0 Å². The Bertz CT molecular complexity index is 450. The van der Waals surface area contributed by atoms with Crippen LogP contribution < -0.4 is 15.4 Å².